The summed E-state index contributed by atoms with van der Waals surface area (Å²) in [7, 11) is 0. The van der Waals surface area contributed by atoms with Crippen molar-refractivity contribution in [1.82, 2.24) is 24.8 Å². The number of para-hydroxylation sites is 1. The summed E-state index contributed by atoms with van der Waals surface area (Å²) in [6, 6.07) is 20.9. The van der Waals surface area contributed by atoms with Crippen molar-refractivity contribution in [1.29, 1.82) is 0 Å². The molecule has 6 nitrogen and oxygen atoms in total. The summed E-state index contributed by atoms with van der Waals surface area (Å²) in [5.74, 6) is 0. The Bertz CT molecular complexity index is 1120. The van der Waals surface area contributed by atoms with Crippen LogP contribution >= 0.6 is 0 Å². The molecule has 1 aliphatic rings. The van der Waals surface area contributed by atoms with Gasteiger partial charge in [-0.25, -0.2) is 4.98 Å². The topological polar surface area (TPSA) is 55.2 Å². The summed E-state index contributed by atoms with van der Waals surface area (Å²) >= 11 is 0. The molecule has 1 N–H and O–H groups in total. The lowest BCUT2D eigenvalue weighted by atomic mass is 10.1. The largest absolute Gasteiger partial charge is 0.379 e. The minimum atomic E-state index is 0.831. The molecule has 0 atom stereocenters. The second kappa shape index (κ2) is 9.39. The third kappa shape index (κ3) is 4.66. The number of rotatable bonds is 7. The van der Waals surface area contributed by atoms with Crippen molar-refractivity contribution in [2.45, 2.75) is 6.54 Å². The molecular formula is C25H27N5O. The van der Waals surface area contributed by atoms with Crippen LogP contribution in [0.3, 0.4) is 0 Å². The average Bonchev–Trinajstić information content (AvgIpc) is 3.27. The van der Waals surface area contributed by atoms with Crippen LogP contribution in [-0.2, 0) is 11.3 Å². The van der Waals surface area contributed by atoms with Gasteiger partial charge in [0.05, 0.1) is 29.9 Å². The number of nitrogens with zero attached hydrogens (tertiary/aromatic N) is 4. The highest BCUT2D eigenvalue weighted by atomic mass is 16.5. The van der Waals surface area contributed by atoms with E-state index in [4.69, 9.17) is 4.74 Å². The highest BCUT2D eigenvalue weighted by molar-refractivity contribution is 5.82. The molecule has 6 heteroatoms. The molecule has 4 aromatic rings. The molecule has 2 aromatic heterocycles. The number of morpholine rings is 1. The Kier molecular flexibility index (Phi) is 6.02. The van der Waals surface area contributed by atoms with Gasteiger partial charge >= 0.3 is 0 Å². The number of fused-ring (bicyclic) bond motifs is 1. The first kappa shape index (κ1) is 19.9. The molecular weight excluding hydrogens is 386 g/mol. The lowest BCUT2D eigenvalue weighted by molar-refractivity contribution is 0.0384. The fourth-order valence-electron chi connectivity index (χ4n) is 3.96. The van der Waals surface area contributed by atoms with Gasteiger partial charge in [-0.3, -0.25) is 14.5 Å². The van der Waals surface area contributed by atoms with E-state index in [0.717, 1.165) is 73.9 Å². The smallest absolute Gasteiger partial charge is 0.100 e. The van der Waals surface area contributed by atoms with Crippen LogP contribution in [0.2, 0.25) is 0 Å². The first-order valence-corrected chi connectivity index (χ1v) is 10.9. The summed E-state index contributed by atoms with van der Waals surface area (Å²) in [6.45, 7) is 6.64. The molecule has 0 radical (unpaired) electrons. The van der Waals surface area contributed by atoms with Gasteiger partial charge in [0.25, 0.3) is 0 Å². The molecule has 1 saturated heterocycles. The van der Waals surface area contributed by atoms with E-state index in [0.29, 0.717) is 0 Å². The second-order valence-corrected chi connectivity index (χ2v) is 7.84. The third-order valence-electron chi connectivity index (χ3n) is 5.74. The van der Waals surface area contributed by atoms with Crippen LogP contribution in [0.5, 0.6) is 0 Å². The van der Waals surface area contributed by atoms with Crippen molar-refractivity contribution in [3.8, 4) is 16.9 Å². The summed E-state index contributed by atoms with van der Waals surface area (Å²) < 4.78 is 7.50. The van der Waals surface area contributed by atoms with E-state index in [1.54, 1.807) is 0 Å². The molecule has 1 aliphatic heterocycles. The zero-order valence-electron chi connectivity index (χ0n) is 17.6. The maximum absolute atomic E-state index is 5.39. The monoisotopic (exact) mass is 413 g/mol. The quantitative estimate of drug-likeness (QED) is 0.470. The molecule has 0 spiro atoms. The van der Waals surface area contributed by atoms with Crippen molar-refractivity contribution >= 4 is 11.0 Å². The van der Waals surface area contributed by atoms with Gasteiger partial charge in [0.15, 0.2) is 0 Å². The van der Waals surface area contributed by atoms with Crippen molar-refractivity contribution in [3.63, 3.8) is 0 Å². The number of hydrogen-bond acceptors (Lipinski definition) is 5. The van der Waals surface area contributed by atoms with Crippen molar-refractivity contribution in [2.24, 2.45) is 0 Å². The molecule has 0 aliphatic carbocycles. The SMILES string of the molecule is c1ccc(-n2cnc3cc(-c4ccc(CNCCN5CCOCC5)cn4)ccc32)cc1. The second-order valence-electron chi connectivity index (χ2n) is 7.84. The molecule has 5 rings (SSSR count). The molecule has 3 heterocycles. The Morgan fingerprint density at radius 3 is 2.61 bits per heavy atom. The van der Waals surface area contributed by atoms with Crippen LogP contribution in [0, 0.1) is 0 Å². The normalized spacial score (nSPS) is 14.8. The minimum absolute atomic E-state index is 0.831. The zero-order valence-corrected chi connectivity index (χ0v) is 17.6. The van der Waals surface area contributed by atoms with Crippen LogP contribution in [0.15, 0.2) is 73.2 Å². The number of nitrogens with one attached hydrogen (secondary N) is 1. The Labute approximate surface area is 182 Å². The van der Waals surface area contributed by atoms with Crippen LogP contribution < -0.4 is 5.32 Å². The van der Waals surface area contributed by atoms with E-state index in [9.17, 15) is 0 Å². The molecule has 31 heavy (non-hydrogen) atoms. The summed E-state index contributed by atoms with van der Waals surface area (Å²) in [6.07, 6.45) is 3.84. The van der Waals surface area contributed by atoms with Crippen molar-refractivity contribution in [3.05, 3.63) is 78.8 Å². The first-order chi connectivity index (χ1) is 15.4. The first-order valence-electron chi connectivity index (χ1n) is 10.9. The lowest BCUT2D eigenvalue weighted by Crippen LogP contribution is -2.40. The van der Waals surface area contributed by atoms with E-state index >= 15 is 0 Å². The predicted molar refractivity (Wildman–Crippen MR) is 123 cm³/mol. The molecule has 0 unspecified atom stereocenters. The third-order valence-corrected chi connectivity index (χ3v) is 5.74. The Balaban J connectivity index is 1.22. The van der Waals surface area contributed by atoms with Gasteiger partial charge in [0.1, 0.15) is 6.33 Å². The van der Waals surface area contributed by atoms with E-state index < -0.39 is 0 Å². The van der Waals surface area contributed by atoms with Gasteiger partial charge in [0.2, 0.25) is 0 Å². The maximum atomic E-state index is 5.39. The number of imidazole rings is 1. The minimum Gasteiger partial charge on any atom is -0.379 e. The standard InChI is InChI=1S/C25H27N5O/c1-2-4-22(5-3-1)30-19-28-24-16-21(7-9-25(24)30)23-8-6-20(18-27-23)17-26-10-11-29-12-14-31-15-13-29/h1-9,16,18-19,26H,10-15,17H2. The summed E-state index contributed by atoms with van der Waals surface area (Å²) in [5, 5.41) is 3.52. The number of benzene rings is 2. The Morgan fingerprint density at radius 2 is 1.81 bits per heavy atom. The lowest BCUT2D eigenvalue weighted by Gasteiger charge is -2.26. The van der Waals surface area contributed by atoms with Crippen molar-refractivity contribution in [2.75, 3.05) is 39.4 Å². The fraction of sp³-hybridized carbons (Fsp3) is 0.280. The number of hydrogen-bond donors (Lipinski definition) is 1. The van der Waals surface area contributed by atoms with Crippen molar-refractivity contribution < 1.29 is 4.74 Å². The van der Waals surface area contributed by atoms with E-state index in [2.05, 4.69) is 67.2 Å². The molecule has 0 saturated carbocycles. The Morgan fingerprint density at radius 1 is 0.935 bits per heavy atom. The highest BCUT2D eigenvalue weighted by Crippen LogP contribution is 2.24. The van der Waals surface area contributed by atoms with Gasteiger partial charge in [-0.2, -0.15) is 0 Å². The van der Waals surface area contributed by atoms with E-state index in [1.807, 2.05) is 30.7 Å². The molecule has 1 fully saturated rings. The highest BCUT2D eigenvalue weighted by Gasteiger charge is 2.10. The average molecular weight is 414 g/mol. The number of ether oxygens (including phenoxy) is 1. The van der Waals surface area contributed by atoms with E-state index in [-0.39, 0.29) is 0 Å². The van der Waals surface area contributed by atoms with Gasteiger partial charge in [-0.15, -0.1) is 0 Å². The molecule has 0 amide bonds. The van der Waals surface area contributed by atoms with Crippen LogP contribution in [0.1, 0.15) is 5.56 Å². The van der Waals surface area contributed by atoms with Gasteiger partial charge in [0, 0.05) is 50.2 Å². The molecule has 2 aromatic carbocycles. The Hall–Kier alpha value is -3.06. The van der Waals surface area contributed by atoms with Gasteiger partial charge in [-0.1, -0.05) is 30.3 Å². The van der Waals surface area contributed by atoms with E-state index in [1.165, 1.54) is 5.56 Å². The van der Waals surface area contributed by atoms with Crippen LogP contribution in [0.25, 0.3) is 28.0 Å². The predicted octanol–water partition coefficient (Wildman–Crippen LogP) is 3.51. The van der Waals surface area contributed by atoms with Gasteiger partial charge < -0.3 is 10.1 Å². The number of pyridine rings is 1. The maximum Gasteiger partial charge on any atom is 0.100 e. The fourth-order valence-corrected chi connectivity index (χ4v) is 3.96. The van der Waals surface area contributed by atoms with Crippen LogP contribution in [-0.4, -0.2) is 58.8 Å². The number of aromatic nitrogens is 3. The summed E-state index contributed by atoms with van der Waals surface area (Å²) in [5.41, 5.74) is 6.42. The van der Waals surface area contributed by atoms with Gasteiger partial charge in [-0.05, 0) is 35.9 Å². The van der Waals surface area contributed by atoms with Crippen LogP contribution in [0.4, 0.5) is 0 Å². The molecule has 158 valence electrons. The molecule has 0 bridgehead atoms. The summed E-state index contributed by atoms with van der Waals surface area (Å²) in [4.78, 5) is 11.7. The zero-order chi connectivity index (χ0) is 20.9.